The Balaban J connectivity index is 1.98. The van der Waals surface area contributed by atoms with Gasteiger partial charge in [0.25, 0.3) is 0 Å². The van der Waals surface area contributed by atoms with Crippen LogP contribution in [0.2, 0.25) is 0 Å². The van der Waals surface area contributed by atoms with Crippen molar-refractivity contribution in [3.63, 3.8) is 0 Å². The first kappa shape index (κ1) is 16.9. The van der Waals surface area contributed by atoms with Crippen LogP contribution < -0.4 is 5.73 Å². The molecule has 2 rings (SSSR count). The molecule has 122 valence electrons. The molecule has 0 aromatic heterocycles. The quantitative estimate of drug-likeness (QED) is 0.828. The molecule has 0 radical (unpaired) electrons. The predicted octanol–water partition coefficient (Wildman–Crippen LogP) is 0.564. The Morgan fingerprint density at radius 1 is 1.36 bits per heavy atom. The van der Waals surface area contributed by atoms with Crippen molar-refractivity contribution in [3.05, 3.63) is 29.8 Å². The van der Waals surface area contributed by atoms with Gasteiger partial charge < -0.3 is 5.73 Å². The van der Waals surface area contributed by atoms with Crippen molar-refractivity contribution >= 4 is 15.9 Å². The number of likely N-dealkylation sites (N-methyl/N-ethyl adjacent to an activating group) is 1. The molecule has 0 aliphatic carbocycles. The molecule has 1 aromatic rings. The number of carbonyl (C=O) groups is 1. The zero-order valence-corrected chi connectivity index (χ0v) is 14.0. The van der Waals surface area contributed by atoms with Crippen molar-refractivity contribution in [2.24, 2.45) is 5.73 Å². The number of carbonyl (C=O) groups excluding carboxylic acids is 1. The molecule has 1 aliphatic heterocycles. The van der Waals surface area contributed by atoms with Gasteiger partial charge in [0.1, 0.15) is 0 Å². The third kappa shape index (κ3) is 3.48. The number of hydrogen-bond acceptors (Lipinski definition) is 4. The molecule has 1 fully saturated rings. The van der Waals surface area contributed by atoms with E-state index < -0.39 is 10.0 Å². The zero-order valence-electron chi connectivity index (χ0n) is 13.2. The van der Waals surface area contributed by atoms with Crippen LogP contribution in [0.1, 0.15) is 18.9 Å². The highest BCUT2D eigenvalue weighted by Crippen LogP contribution is 2.25. The molecule has 1 aliphatic rings. The summed E-state index contributed by atoms with van der Waals surface area (Å²) in [6, 6.07) is 6.99. The number of benzene rings is 1. The first-order chi connectivity index (χ1) is 10.2. The highest BCUT2D eigenvalue weighted by Gasteiger charge is 2.39. The molecule has 6 nitrogen and oxygen atoms in total. The first-order valence-corrected chi connectivity index (χ1v) is 8.73. The lowest BCUT2D eigenvalue weighted by atomic mass is 10.1. The molecule has 1 saturated heterocycles. The first-order valence-electron chi connectivity index (χ1n) is 7.29. The SMILES string of the molecule is Cc1ccc(S(=O)(=O)N2CC(N(C)C(C)CC(N)=O)C2)cc1. The van der Waals surface area contributed by atoms with Crippen molar-refractivity contribution in [1.82, 2.24) is 9.21 Å². The molecule has 2 N–H and O–H groups in total. The molecule has 1 aromatic carbocycles. The van der Waals surface area contributed by atoms with Crippen molar-refractivity contribution in [3.8, 4) is 0 Å². The van der Waals surface area contributed by atoms with Gasteiger partial charge in [-0.05, 0) is 33.0 Å². The molecule has 0 bridgehead atoms. The van der Waals surface area contributed by atoms with E-state index in [0.29, 0.717) is 18.0 Å². The van der Waals surface area contributed by atoms with Crippen molar-refractivity contribution in [2.45, 2.75) is 37.2 Å². The second-order valence-electron chi connectivity index (χ2n) is 5.97. The Morgan fingerprint density at radius 2 is 1.91 bits per heavy atom. The molecule has 0 saturated carbocycles. The number of primary amides is 1. The van der Waals surface area contributed by atoms with Crippen LogP contribution in [-0.4, -0.2) is 55.8 Å². The monoisotopic (exact) mass is 325 g/mol. The highest BCUT2D eigenvalue weighted by molar-refractivity contribution is 7.89. The van der Waals surface area contributed by atoms with E-state index in [0.717, 1.165) is 5.56 Å². The number of amides is 1. The lowest BCUT2D eigenvalue weighted by molar-refractivity contribution is -0.119. The van der Waals surface area contributed by atoms with Gasteiger partial charge in [0.15, 0.2) is 0 Å². The molecule has 1 unspecified atom stereocenters. The number of rotatable bonds is 6. The molecule has 7 heteroatoms. The van der Waals surface area contributed by atoms with E-state index >= 15 is 0 Å². The average Bonchev–Trinajstić information content (AvgIpc) is 2.36. The number of hydrogen-bond donors (Lipinski definition) is 1. The van der Waals surface area contributed by atoms with Crippen LogP contribution in [0.3, 0.4) is 0 Å². The van der Waals surface area contributed by atoms with Gasteiger partial charge in [-0.3, -0.25) is 9.69 Å². The number of sulfonamides is 1. The minimum absolute atomic E-state index is 0.00623. The summed E-state index contributed by atoms with van der Waals surface area (Å²) in [5.74, 6) is -0.345. The maximum absolute atomic E-state index is 12.5. The second kappa shape index (κ2) is 6.36. The lowest BCUT2D eigenvalue weighted by Gasteiger charge is -2.45. The van der Waals surface area contributed by atoms with Gasteiger partial charge in [0, 0.05) is 31.6 Å². The zero-order chi connectivity index (χ0) is 16.5. The van der Waals surface area contributed by atoms with Crippen LogP contribution in [0.4, 0.5) is 0 Å². The summed E-state index contributed by atoms with van der Waals surface area (Å²) in [5.41, 5.74) is 6.23. The van der Waals surface area contributed by atoms with Gasteiger partial charge in [0.05, 0.1) is 4.90 Å². The minimum Gasteiger partial charge on any atom is -0.370 e. The maximum Gasteiger partial charge on any atom is 0.243 e. The van der Waals surface area contributed by atoms with E-state index in [1.54, 1.807) is 24.3 Å². The number of nitrogens with two attached hydrogens (primary N) is 1. The normalized spacial score (nSPS) is 18.2. The predicted molar refractivity (Wildman–Crippen MR) is 84.8 cm³/mol. The molecule has 22 heavy (non-hydrogen) atoms. The number of aryl methyl sites for hydroxylation is 1. The van der Waals surface area contributed by atoms with Gasteiger partial charge in [-0.25, -0.2) is 8.42 Å². The topological polar surface area (TPSA) is 83.7 Å². The average molecular weight is 325 g/mol. The molecule has 0 spiro atoms. The number of nitrogens with zero attached hydrogens (tertiary/aromatic N) is 2. The van der Waals surface area contributed by atoms with Crippen LogP contribution in [0, 0.1) is 6.92 Å². The molecule has 1 heterocycles. The van der Waals surface area contributed by atoms with E-state index in [-0.39, 0.29) is 24.4 Å². The Hall–Kier alpha value is -1.44. The largest absolute Gasteiger partial charge is 0.370 e. The van der Waals surface area contributed by atoms with Crippen molar-refractivity contribution in [1.29, 1.82) is 0 Å². The van der Waals surface area contributed by atoms with Gasteiger partial charge in [-0.15, -0.1) is 0 Å². The third-order valence-electron chi connectivity index (χ3n) is 4.26. The van der Waals surface area contributed by atoms with Crippen LogP contribution in [0.25, 0.3) is 0 Å². The van der Waals surface area contributed by atoms with E-state index in [4.69, 9.17) is 5.73 Å². The summed E-state index contributed by atoms with van der Waals surface area (Å²) >= 11 is 0. The van der Waals surface area contributed by atoms with Gasteiger partial charge in [0.2, 0.25) is 15.9 Å². The highest BCUT2D eigenvalue weighted by atomic mass is 32.2. The fourth-order valence-electron chi connectivity index (χ4n) is 2.52. The van der Waals surface area contributed by atoms with Gasteiger partial charge in [-0.2, -0.15) is 4.31 Å². The van der Waals surface area contributed by atoms with Crippen LogP contribution in [0.5, 0.6) is 0 Å². The summed E-state index contributed by atoms with van der Waals surface area (Å²) < 4.78 is 26.4. The van der Waals surface area contributed by atoms with Crippen LogP contribution >= 0.6 is 0 Å². The van der Waals surface area contributed by atoms with E-state index in [1.807, 2.05) is 25.8 Å². The minimum atomic E-state index is -3.42. The Labute approximate surface area is 131 Å². The third-order valence-corrected chi connectivity index (χ3v) is 6.10. The molecular formula is C15H23N3O3S. The van der Waals surface area contributed by atoms with Crippen LogP contribution in [-0.2, 0) is 14.8 Å². The maximum atomic E-state index is 12.5. The summed E-state index contributed by atoms with van der Waals surface area (Å²) in [4.78, 5) is 13.3. The summed E-state index contributed by atoms with van der Waals surface area (Å²) in [5, 5.41) is 0. The summed E-state index contributed by atoms with van der Waals surface area (Å²) in [7, 11) is -1.52. The lowest BCUT2D eigenvalue weighted by Crippen LogP contribution is -2.61. The van der Waals surface area contributed by atoms with E-state index in [1.165, 1.54) is 4.31 Å². The summed E-state index contributed by atoms with van der Waals surface area (Å²) in [6.07, 6.45) is 0.276. The van der Waals surface area contributed by atoms with E-state index in [9.17, 15) is 13.2 Å². The van der Waals surface area contributed by atoms with Gasteiger partial charge in [-0.1, -0.05) is 17.7 Å². The fraction of sp³-hybridized carbons (Fsp3) is 0.533. The molecule has 1 atom stereocenters. The second-order valence-corrected chi connectivity index (χ2v) is 7.91. The van der Waals surface area contributed by atoms with Crippen molar-refractivity contribution in [2.75, 3.05) is 20.1 Å². The molecule has 1 amide bonds. The Kier molecular flexibility index (Phi) is 4.89. The smallest absolute Gasteiger partial charge is 0.243 e. The van der Waals surface area contributed by atoms with Gasteiger partial charge >= 0.3 is 0 Å². The Morgan fingerprint density at radius 3 is 2.41 bits per heavy atom. The van der Waals surface area contributed by atoms with Crippen LogP contribution in [0.15, 0.2) is 29.2 Å². The summed E-state index contributed by atoms with van der Waals surface area (Å²) in [6.45, 7) is 4.72. The fourth-order valence-corrected chi connectivity index (χ4v) is 4.04. The standard InChI is InChI=1S/C15H23N3O3S/c1-11-4-6-14(7-5-11)22(20,21)18-9-13(10-18)17(3)12(2)8-15(16)19/h4-7,12-13H,8-10H2,1-3H3,(H2,16,19). The Bertz CT molecular complexity index is 637. The van der Waals surface area contributed by atoms with E-state index in [2.05, 4.69) is 0 Å². The van der Waals surface area contributed by atoms with Crippen molar-refractivity contribution < 1.29 is 13.2 Å². The molecular weight excluding hydrogens is 302 g/mol.